The van der Waals surface area contributed by atoms with Gasteiger partial charge in [-0.2, -0.15) is 0 Å². The second kappa shape index (κ2) is 7.85. The highest BCUT2D eigenvalue weighted by Crippen LogP contribution is 2.23. The monoisotopic (exact) mass is 446 g/mol. The number of sulfonamides is 1. The van der Waals surface area contributed by atoms with Crippen LogP contribution < -0.4 is 10.0 Å². The van der Waals surface area contributed by atoms with Gasteiger partial charge in [-0.15, -0.1) is 0 Å². The van der Waals surface area contributed by atoms with E-state index in [1.165, 1.54) is 30.7 Å². The van der Waals surface area contributed by atoms with Crippen molar-refractivity contribution in [2.45, 2.75) is 11.8 Å². The number of nitrogens with zero attached hydrogens (tertiary/aromatic N) is 2. The first-order valence-electron chi connectivity index (χ1n) is 7.81. The van der Waals surface area contributed by atoms with Crippen molar-refractivity contribution in [3.63, 3.8) is 0 Å². The van der Waals surface area contributed by atoms with E-state index in [1.54, 1.807) is 37.3 Å². The highest BCUT2D eigenvalue weighted by molar-refractivity contribution is 9.10. The van der Waals surface area contributed by atoms with Crippen molar-refractivity contribution in [2.75, 3.05) is 10.0 Å². The van der Waals surface area contributed by atoms with Crippen LogP contribution in [-0.4, -0.2) is 24.3 Å². The summed E-state index contributed by atoms with van der Waals surface area (Å²) < 4.78 is 28.7. The number of halogens is 1. The maximum Gasteiger partial charge on any atom is 0.275 e. The molecule has 7 nitrogen and oxygen atoms in total. The molecule has 9 heteroatoms. The third-order valence-electron chi connectivity index (χ3n) is 3.61. The summed E-state index contributed by atoms with van der Waals surface area (Å²) in [5, 5.41) is 2.67. The van der Waals surface area contributed by atoms with E-state index in [9.17, 15) is 13.2 Å². The molecule has 0 radical (unpaired) electrons. The number of aryl methyl sites for hydroxylation is 1. The van der Waals surface area contributed by atoms with E-state index in [1.807, 2.05) is 0 Å². The van der Waals surface area contributed by atoms with Crippen LogP contribution in [0.15, 0.2) is 70.4 Å². The van der Waals surface area contributed by atoms with Crippen LogP contribution in [0.2, 0.25) is 0 Å². The first kappa shape index (κ1) is 19.0. The summed E-state index contributed by atoms with van der Waals surface area (Å²) in [5.74, 6) is -0.425. The van der Waals surface area contributed by atoms with Crippen LogP contribution in [0.4, 0.5) is 11.4 Å². The normalized spacial score (nSPS) is 11.0. The molecule has 138 valence electrons. The number of anilines is 2. The van der Waals surface area contributed by atoms with Gasteiger partial charge in [0, 0.05) is 28.2 Å². The predicted molar refractivity (Wildman–Crippen MR) is 106 cm³/mol. The maximum atomic E-state index is 12.6. The largest absolute Gasteiger partial charge is 0.321 e. The Labute approximate surface area is 165 Å². The average molecular weight is 447 g/mol. The lowest BCUT2D eigenvalue weighted by molar-refractivity contribution is 0.102. The summed E-state index contributed by atoms with van der Waals surface area (Å²) in [6.45, 7) is 1.66. The van der Waals surface area contributed by atoms with E-state index in [-0.39, 0.29) is 10.6 Å². The number of carbonyl (C=O) groups excluding carboxylic acids is 1. The van der Waals surface area contributed by atoms with Gasteiger partial charge in [-0.25, -0.2) is 13.4 Å². The van der Waals surface area contributed by atoms with Gasteiger partial charge in [0.1, 0.15) is 5.69 Å². The van der Waals surface area contributed by atoms with Crippen molar-refractivity contribution in [1.29, 1.82) is 0 Å². The van der Waals surface area contributed by atoms with E-state index < -0.39 is 15.9 Å². The number of hydrogen-bond acceptors (Lipinski definition) is 5. The molecule has 0 bridgehead atoms. The number of nitrogens with one attached hydrogen (secondary N) is 2. The number of rotatable bonds is 5. The van der Waals surface area contributed by atoms with Crippen LogP contribution in [0.1, 0.15) is 16.1 Å². The van der Waals surface area contributed by atoms with Crippen LogP contribution in [0.3, 0.4) is 0 Å². The molecule has 0 saturated heterocycles. The highest BCUT2D eigenvalue weighted by Gasteiger charge is 2.18. The summed E-state index contributed by atoms with van der Waals surface area (Å²) in [6.07, 6.45) is 4.24. The molecule has 27 heavy (non-hydrogen) atoms. The van der Waals surface area contributed by atoms with Crippen molar-refractivity contribution in [3.8, 4) is 0 Å². The van der Waals surface area contributed by atoms with Crippen molar-refractivity contribution in [3.05, 3.63) is 76.8 Å². The van der Waals surface area contributed by atoms with E-state index in [0.29, 0.717) is 16.9 Å². The standard InChI is InChI=1S/C18H15BrN4O3S/c1-12-10-15(22-18(24)16-11-20-8-9-21-16)6-7-17(12)27(25,26)23-14-4-2-13(19)3-5-14/h2-11,23H,1H3,(H,22,24). The minimum absolute atomic E-state index is 0.128. The molecule has 1 aromatic heterocycles. The van der Waals surface area contributed by atoms with Crippen LogP contribution in [0, 0.1) is 6.92 Å². The van der Waals surface area contributed by atoms with E-state index in [4.69, 9.17) is 0 Å². The molecule has 1 heterocycles. The first-order valence-corrected chi connectivity index (χ1v) is 10.1. The van der Waals surface area contributed by atoms with Crippen molar-refractivity contribution in [1.82, 2.24) is 9.97 Å². The van der Waals surface area contributed by atoms with E-state index in [2.05, 4.69) is 35.9 Å². The van der Waals surface area contributed by atoms with Gasteiger partial charge in [0.2, 0.25) is 0 Å². The molecule has 0 aliphatic rings. The molecule has 0 aliphatic heterocycles. The lowest BCUT2D eigenvalue weighted by Gasteiger charge is -2.12. The minimum atomic E-state index is -3.75. The van der Waals surface area contributed by atoms with Gasteiger partial charge in [0.25, 0.3) is 15.9 Å². The average Bonchev–Trinajstić information content (AvgIpc) is 2.64. The lowest BCUT2D eigenvalue weighted by atomic mass is 10.2. The van der Waals surface area contributed by atoms with Gasteiger partial charge < -0.3 is 5.32 Å². The molecule has 3 aromatic rings. The number of carbonyl (C=O) groups is 1. The van der Waals surface area contributed by atoms with Crippen molar-refractivity contribution < 1.29 is 13.2 Å². The Morgan fingerprint density at radius 3 is 2.37 bits per heavy atom. The molecule has 0 spiro atoms. The zero-order chi connectivity index (χ0) is 19.4. The number of hydrogen-bond donors (Lipinski definition) is 2. The quantitative estimate of drug-likeness (QED) is 0.623. The van der Waals surface area contributed by atoms with Gasteiger partial charge in [0.05, 0.1) is 11.1 Å². The molecule has 2 N–H and O–H groups in total. The van der Waals surface area contributed by atoms with Gasteiger partial charge in [-0.3, -0.25) is 14.5 Å². The molecule has 0 saturated carbocycles. The molecule has 0 atom stereocenters. The molecule has 2 aromatic carbocycles. The first-order chi connectivity index (χ1) is 12.8. The second-order valence-electron chi connectivity index (χ2n) is 5.64. The lowest BCUT2D eigenvalue weighted by Crippen LogP contribution is -2.16. The van der Waals surface area contributed by atoms with Crippen LogP contribution in [-0.2, 0) is 10.0 Å². The molecular formula is C18H15BrN4O3S. The molecule has 3 rings (SSSR count). The Morgan fingerprint density at radius 1 is 1.04 bits per heavy atom. The third kappa shape index (κ3) is 4.69. The molecule has 0 aliphatic carbocycles. The molecule has 0 fully saturated rings. The summed E-state index contributed by atoms with van der Waals surface area (Å²) in [4.78, 5) is 20.0. The third-order valence-corrected chi connectivity index (χ3v) is 5.68. The van der Waals surface area contributed by atoms with Crippen LogP contribution in [0.5, 0.6) is 0 Å². The Hall–Kier alpha value is -2.78. The number of benzene rings is 2. The maximum absolute atomic E-state index is 12.6. The fourth-order valence-corrected chi connectivity index (χ4v) is 3.92. The van der Waals surface area contributed by atoms with E-state index in [0.717, 1.165) is 4.47 Å². The zero-order valence-electron chi connectivity index (χ0n) is 14.2. The fraction of sp³-hybridized carbons (Fsp3) is 0.0556. The van der Waals surface area contributed by atoms with Gasteiger partial charge in [-0.1, -0.05) is 15.9 Å². The highest BCUT2D eigenvalue weighted by atomic mass is 79.9. The zero-order valence-corrected chi connectivity index (χ0v) is 16.6. The Kier molecular flexibility index (Phi) is 5.52. The summed E-state index contributed by atoms with van der Waals surface area (Å²) in [5.41, 5.74) is 1.59. The Bertz CT molecular complexity index is 1070. The van der Waals surface area contributed by atoms with Gasteiger partial charge in [-0.05, 0) is 55.0 Å². The molecule has 1 amide bonds. The minimum Gasteiger partial charge on any atom is -0.321 e. The van der Waals surface area contributed by atoms with Gasteiger partial charge >= 0.3 is 0 Å². The molecular weight excluding hydrogens is 432 g/mol. The number of amides is 1. The molecule has 0 unspecified atom stereocenters. The van der Waals surface area contributed by atoms with Gasteiger partial charge in [0.15, 0.2) is 0 Å². The summed E-state index contributed by atoms with van der Waals surface area (Å²) in [7, 11) is -3.75. The van der Waals surface area contributed by atoms with E-state index >= 15 is 0 Å². The van der Waals surface area contributed by atoms with Crippen molar-refractivity contribution >= 4 is 43.2 Å². The topological polar surface area (TPSA) is 101 Å². The second-order valence-corrected chi connectivity index (χ2v) is 8.20. The van der Waals surface area contributed by atoms with Crippen LogP contribution in [0.25, 0.3) is 0 Å². The predicted octanol–water partition coefficient (Wildman–Crippen LogP) is 3.60. The van der Waals surface area contributed by atoms with Crippen LogP contribution >= 0.6 is 15.9 Å². The van der Waals surface area contributed by atoms with Crippen molar-refractivity contribution in [2.24, 2.45) is 0 Å². The Balaban J connectivity index is 1.79. The smallest absolute Gasteiger partial charge is 0.275 e. The SMILES string of the molecule is Cc1cc(NC(=O)c2cnccn2)ccc1S(=O)(=O)Nc1ccc(Br)cc1. The summed E-state index contributed by atoms with van der Waals surface area (Å²) in [6, 6.07) is 11.4. The fourth-order valence-electron chi connectivity index (χ4n) is 2.37. The number of aromatic nitrogens is 2. The summed E-state index contributed by atoms with van der Waals surface area (Å²) >= 11 is 3.31. The Morgan fingerprint density at radius 2 is 1.74 bits per heavy atom.